The average Bonchev–Trinajstić information content (AvgIpc) is 3.09. The first-order valence-electron chi connectivity index (χ1n) is 10.5. The first-order valence-corrected chi connectivity index (χ1v) is 11.3. The van der Waals surface area contributed by atoms with Crippen molar-refractivity contribution >= 4 is 27.5 Å². The van der Waals surface area contributed by atoms with Gasteiger partial charge in [0.25, 0.3) is 0 Å². The van der Waals surface area contributed by atoms with Crippen molar-refractivity contribution in [1.29, 1.82) is 0 Å². The minimum Gasteiger partial charge on any atom is -0.469 e. The Morgan fingerprint density at radius 2 is 2.03 bits per heavy atom. The van der Waals surface area contributed by atoms with Crippen LogP contribution in [0.25, 0.3) is 5.57 Å². The van der Waals surface area contributed by atoms with Crippen LogP contribution in [-0.4, -0.2) is 30.6 Å². The number of carbonyl (C=O) groups is 1. The number of methoxy groups -OCH3 is 1. The molecule has 6 heteroatoms. The van der Waals surface area contributed by atoms with Crippen LogP contribution < -0.4 is 0 Å². The minimum atomic E-state index is -0.353. The summed E-state index contributed by atoms with van der Waals surface area (Å²) in [5.74, 6) is -1.17. The molecule has 0 fully saturated rings. The Labute approximate surface area is 190 Å². The minimum absolute atomic E-state index is 0.0443. The number of esters is 1. The van der Waals surface area contributed by atoms with Gasteiger partial charge >= 0.3 is 5.97 Å². The molecular weight excluding hydrogens is 464 g/mol. The van der Waals surface area contributed by atoms with Crippen LogP contribution in [0.1, 0.15) is 48.6 Å². The van der Waals surface area contributed by atoms with Crippen LogP contribution in [0.4, 0.5) is 8.78 Å². The molecule has 164 valence electrons. The van der Waals surface area contributed by atoms with E-state index in [0.717, 1.165) is 38.7 Å². The van der Waals surface area contributed by atoms with Gasteiger partial charge in [0, 0.05) is 22.6 Å². The van der Waals surface area contributed by atoms with Crippen molar-refractivity contribution in [3.63, 3.8) is 0 Å². The topological polar surface area (TPSA) is 29.5 Å². The Morgan fingerprint density at radius 1 is 1.29 bits per heavy atom. The molecule has 3 nitrogen and oxygen atoms in total. The number of ether oxygens (including phenoxy) is 1. The van der Waals surface area contributed by atoms with Gasteiger partial charge in [-0.3, -0.25) is 9.69 Å². The summed E-state index contributed by atoms with van der Waals surface area (Å²) in [6.07, 6.45) is 1.38. The zero-order valence-electron chi connectivity index (χ0n) is 18.1. The molecule has 0 amide bonds. The van der Waals surface area contributed by atoms with Gasteiger partial charge in [-0.05, 0) is 78.8 Å². The van der Waals surface area contributed by atoms with Crippen molar-refractivity contribution in [2.75, 3.05) is 13.7 Å². The molecule has 0 saturated carbocycles. The summed E-state index contributed by atoms with van der Waals surface area (Å²) in [5.41, 5.74) is 5.64. The second kappa shape index (κ2) is 8.47. The van der Waals surface area contributed by atoms with Crippen molar-refractivity contribution in [2.24, 2.45) is 5.92 Å². The van der Waals surface area contributed by atoms with Gasteiger partial charge < -0.3 is 4.74 Å². The number of benzene rings is 2. The molecule has 0 spiro atoms. The smallest absolute Gasteiger partial charge is 0.309 e. The zero-order chi connectivity index (χ0) is 22.4. The molecule has 1 aliphatic carbocycles. The molecule has 2 aliphatic rings. The highest BCUT2D eigenvalue weighted by Gasteiger charge is 2.41. The Kier molecular flexibility index (Phi) is 6.05. The summed E-state index contributed by atoms with van der Waals surface area (Å²) in [6.45, 7) is 6.28. The summed E-state index contributed by atoms with van der Waals surface area (Å²) in [6, 6.07) is 7.82. The maximum atomic E-state index is 15.3. The highest BCUT2D eigenvalue weighted by atomic mass is 79.9. The number of carbonyl (C=O) groups excluding carboxylic acids is 1. The predicted octanol–water partition coefficient (Wildman–Crippen LogP) is 5.99. The SMILES string of the molecule is COC(=O)[C@H](C)CN1[C@H](C)CC2=C(Cc3ccc(F)cc32)[C@H]1c1c(F)ccc(Br)c1C. The molecule has 3 atom stereocenters. The highest BCUT2D eigenvalue weighted by molar-refractivity contribution is 9.10. The van der Waals surface area contributed by atoms with Crippen LogP contribution in [0, 0.1) is 24.5 Å². The maximum Gasteiger partial charge on any atom is 0.309 e. The number of hydrogen-bond acceptors (Lipinski definition) is 3. The molecule has 0 saturated heterocycles. The van der Waals surface area contributed by atoms with Crippen molar-refractivity contribution in [3.8, 4) is 0 Å². The lowest BCUT2D eigenvalue weighted by atomic mass is 9.83. The summed E-state index contributed by atoms with van der Waals surface area (Å²) in [7, 11) is 1.39. The first-order chi connectivity index (χ1) is 14.7. The molecule has 4 rings (SSSR count). The van der Waals surface area contributed by atoms with E-state index >= 15 is 4.39 Å². The van der Waals surface area contributed by atoms with E-state index in [4.69, 9.17) is 4.74 Å². The van der Waals surface area contributed by atoms with Crippen LogP contribution in [0.5, 0.6) is 0 Å². The summed E-state index contributed by atoms with van der Waals surface area (Å²) in [4.78, 5) is 14.4. The van der Waals surface area contributed by atoms with Crippen molar-refractivity contribution in [3.05, 3.63) is 74.3 Å². The van der Waals surface area contributed by atoms with Crippen LogP contribution in [0.3, 0.4) is 0 Å². The molecule has 0 N–H and O–H groups in total. The van der Waals surface area contributed by atoms with Crippen molar-refractivity contribution in [2.45, 2.75) is 45.7 Å². The standard InChI is InChI=1S/C25H26BrF2NO2/c1-13(25(30)31-4)12-29-14(2)9-19-18-11-17(27)6-5-16(18)10-20(19)24(29)23-15(3)21(26)7-8-22(23)28/h5-8,11,13-14,24H,9-10,12H2,1-4H3/t13-,14-,24+/m1/s1. The van der Waals surface area contributed by atoms with E-state index in [2.05, 4.69) is 27.8 Å². The van der Waals surface area contributed by atoms with Gasteiger partial charge in [0.2, 0.25) is 0 Å². The number of fused-ring (bicyclic) bond motifs is 2. The van der Waals surface area contributed by atoms with E-state index in [1.807, 2.05) is 19.9 Å². The number of nitrogens with zero attached hydrogens (tertiary/aromatic N) is 1. The fourth-order valence-electron chi connectivity index (χ4n) is 5.06. The molecule has 0 unspecified atom stereocenters. The van der Waals surface area contributed by atoms with Crippen LogP contribution >= 0.6 is 15.9 Å². The predicted molar refractivity (Wildman–Crippen MR) is 121 cm³/mol. The third-order valence-electron chi connectivity index (χ3n) is 6.65. The molecule has 31 heavy (non-hydrogen) atoms. The summed E-state index contributed by atoms with van der Waals surface area (Å²) in [5, 5.41) is 0. The van der Waals surface area contributed by atoms with Crippen LogP contribution in [0.2, 0.25) is 0 Å². The second-order valence-electron chi connectivity index (χ2n) is 8.63. The lowest BCUT2D eigenvalue weighted by molar-refractivity contribution is -0.145. The van der Waals surface area contributed by atoms with Crippen molar-refractivity contribution in [1.82, 2.24) is 4.90 Å². The Bertz CT molecular complexity index is 1080. The fourth-order valence-corrected chi connectivity index (χ4v) is 5.41. The molecule has 0 radical (unpaired) electrons. The molecule has 2 aromatic rings. The Morgan fingerprint density at radius 3 is 2.74 bits per heavy atom. The van der Waals surface area contributed by atoms with Crippen LogP contribution in [0.15, 0.2) is 40.4 Å². The molecule has 0 bridgehead atoms. The molecule has 1 aliphatic heterocycles. The van der Waals surface area contributed by atoms with Crippen LogP contribution in [-0.2, 0) is 16.0 Å². The van der Waals surface area contributed by atoms with E-state index in [-0.39, 0.29) is 35.6 Å². The van der Waals surface area contributed by atoms with Gasteiger partial charge in [-0.1, -0.05) is 28.9 Å². The fraction of sp³-hybridized carbons (Fsp3) is 0.400. The van der Waals surface area contributed by atoms with Gasteiger partial charge in [-0.25, -0.2) is 8.78 Å². The number of hydrogen-bond donors (Lipinski definition) is 0. The lowest BCUT2D eigenvalue weighted by Crippen LogP contribution is -2.45. The van der Waals surface area contributed by atoms with Crippen molar-refractivity contribution < 1.29 is 18.3 Å². The Hall–Kier alpha value is -2.05. The Balaban J connectivity index is 1.88. The quantitative estimate of drug-likeness (QED) is 0.494. The third-order valence-corrected chi connectivity index (χ3v) is 7.51. The number of rotatable bonds is 4. The van der Waals surface area contributed by atoms with E-state index in [1.165, 1.54) is 19.2 Å². The average molecular weight is 490 g/mol. The van der Waals surface area contributed by atoms with Gasteiger partial charge in [-0.15, -0.1) is 0 Å². The molecule has 1 heterocycles. The zero-order valence-corrected chi connectivity index (χ0v) is 19.7. The van der Waals surface area contributed by atoms with Gasteiger partial charge in [-0.2, -0.15) is 0 Å². The monoisotopic (exact) mass is 489 g/mol. The number of halogens is 3. The van der Waals surface area contributed by atoms with Gasteiger partial charge in [0.15, 0.2) is 0 Å². The second-order valence-corrected chi connectivity index (χ2v) is 9.48. The normalized spacial score (nSPS) is 21.6. The summed E-state index contributed by atoms with van der Waals surface area (Å²) < 4.78 is 35.1. The third kappa shape index (κ3) is 3.85. The van der Waals surface area contributed by atoms with E-state index < -0.39 is 0 Å². The van der Waals surface area contributed by atoms with E-state index in [9.17, 15) is 9.18 Å². The molecular formula is C25H26BrF2NO2. The summed E-state index contributed by atoms with van der Waals surface area (Å²) >= 11 is 3.55. The van der Waals surface area contributed by atoms with Gasteiger partial charge in [0.05, 0.1) is 19.1 Å². The van der Waals surface area contributed by atoms with E-state index in [1.54, 1.807) is 12.1 Å². The lowest BCUT2D eigenvalue weighted by Gasteiger charge is -2.43. The highest BCUT2D eigenvalue weighted by Crippen LogP contribution is 2.50. The first kappa shape index (κ1) is 22.2. The van der Waals surface area contributed by atoms with Gasteiger partial charge in [0.1, 0.15) is 11.6 Å². The largest absolute Gasteiger partial charge is 0.469 e. The maximum absolute atomic E-state index is 15.3. The molecule has 0 aromatic heterocycles. The molecule has 2 aromatic carbocycles. The van der Waals surface area contributed by atoms with E-state index in [0.29, 0.717) is 18.5 Å².